The topological polar surface area (TPSA) is 84.3 Å². The Kier molecular flexibility index (Phi) is 6.81. The molecule has 38 heavy (non-hydrogen) atoms. The molecule has 0 bridgehead atoms. The number of fused-ring (bicyclic) bond motifs is 1. The van der Waals surface area contributed by atoms with Crippen molar-refractivity contribution in [2.24, 2.45) is 0 Å². The molecule has 7 heteroatoms. The fraction of sp³-hybridized carbons (Fsp3) is 0.548. The van der Waals surface area contributed by atoms with Gasteiger partial charge in [-0.2, -0.15) is 0 Å². The van der Waals surface area contributed by atoms with Crippen LogP contribution in [0.4, 0.5) is 4.79 Å². The highest BCUT2D eigenvalue weighted by Crippen LogP contribution is 2.59. The number of aryl methyl sites for hydroxylation is 1. The average molecular weight is 520 g/mol. The molecule has 2 saturated heterocycles. The summed E-state index contributed by atoms with van der Waals surface area (Å²) in [4.78, 5) is 32.7. The van der Waals surface area contributed by atoms with Gasteiger partial charge < -0.3 is 15.1 Å². The fourth-order valence-electron chi connectivity index (χ4n) is 7.84. The highest BCUT2D eigenvalue weighted by Gasteiger charge is 2.69. The summed E-state index contributed by atoms with van der Waals surface area (Å²) >= 11 is 0. The van der Waals surface area contributed by atoms with Gasteiger partial charge in [0.1, 0.15) is 11.3 Å². The van der Waals surface area contributed by atoms with E-state index in [2.05, 4.69) is 36.1 Å². The van der Waals surface area contributed by atoms with Gasteiger partial charge in [0.2, 0.25) is 0 Å². The molecule has 3 amide bonds. The molecule has 5 rings (SSSR count). The number of hydrogen-bond donors (Lipinski definition) is 2. The van der Waals surface area contributed by atoms with Gasteiger partial charge >= 0.3 is 6.03 Å². The number of hydrogen-bond acceptors (Lipinski definition) is 5. The van der Waals surface area contributed by atoms with Crippen LogP contribution in [-0.4, -0.2) is 80.2 Å². The molecule has 0 radical (unpaired) electrons. The van der Waals surface area contributed by atoms with Crippen LogP contribution in [0.1, 0.15) is 63.1 Å². The number of likely N-dealkylation sites (tertiary alicyclic amines) is 1. The van der Waals surface area contributed by atoms with Crippen LogP contribution in [0, 0.1) is 6.92 Å². The highest BCUT2D eigenvalue weighted by molar-refractivity contribution is 6.07. The van der Waals surface area contributed by atoms with Crippen LogP contribution in [-0.2, 0) is 16.6 Å². The van der Waals surface area contributed by atoms with Crippen LogP contribution < -0.4 is 0 Å². The molecule has 4 atom stereocenters. The third kappa shape index (κ3) is 3.77. The molecule has 1 aliphatic carbocycles. The number of piperidine rings is 1. The number of rotatable bonds is 6. The molecule has 7 nitrogen and oxygen atoms in total. The van der Waals surface area contributed by atoms with Crippen molar-refractivity contribution in [3.63, 3.8) is 0 Å². The summed E-state index contributed by atoms with van der Waals surface area (Å²) < 4.78 is 0. The number of carbonyl (C=O) groups excluding carboxylic acids is 2. The van der Waals surface area contributed by atoms with Gasteiger partial charge in [0.15, 0.2) is 0 Å². The lowest BCUT2D eigenvalue weighted by atomic mass is 9.49. The highest BCUT2D eigenvalue weighted by atomic mass is 16.3. The molecule has 2 aromatic carbocycles. The van der Waals surface area contributed by atoms with Crippen LogP contribution >= 0.6 is 0 Å². The van der Waals surface area contributed by atoms with Gasteiger partial charge in [0.25, 0.3) is 5.91 Å². The maximum atomic E-state index is 13.9. The second kappa shape index (κ2) is 9.69. The van der Waals surface area contributed by atoms with Crippen molar-refractivity contribution in [2.75, 3.05) is 26.2 Å². The number of nitrogens with zero attached hydrogens (tertiary/aromatic N) is 3. The van der Waals surface area contributed by atoms with Gasteiger partial charge in [-0.1, -0.05) is 36.4 Å². The molecule has 2 heterocycles. The zero-order valence-corrected chi connectivity index (χ0v) is 23.1. The Morgan fingerprint density at radius 1 is 1.00 bits per heavy atom. The number of amides is 3. The largest absolute Gasteiger partial charge is 0.508 e. The van der Waals surface area contributed by atoms with E-state index in [1.807, 2.05) is 32.9 Å². The first-order chi connectivity index (χ1) is 18.1. The van der Waals surface area contributed by atoms with Crippen molar-refractivity contribution in [3.8, 4) is 5.75 Å². The van der Waals surface area contributed by atoms with E-state index in [1.165, 1.54) is 10.5 Å². The molecule has 204 valence electrons. The quantitative estimate of drug-likeness (QED) is 0.558. The van der Waals surface area contributed by atoms with Gasteiger partial charge in [0.05, 0.1) is 5.60 Å². The van der Waals surface area contributed by atoms with Crippen LogP contribution in [0.25, 0.3) is 0 Å². The zero-order valence-electron chi connectivity index (χ0n) is 23.1. The number of imide groups is 1. The minimum absolute atomic E-state index is 0.148. The van der Waals surface area contributed by atoms with E-state index >= 15 is 0 Å². The minimum atomic E-state index is -1.13. The Hall–Kier alpha value is -2.90. The predicted octanol–water partition coefficient (Wildman–Crippen LogP) is 4.23. The van der Waals surface area contributed by atoms with Crippen molar-refractivity contribution in [2.45, 2.75) is 82.4 Å². The SMILES string of the molecule is CCN1C(=O)N(CC)[C@]2(CCC3(O)C(C)N(CCc4ccccc4)CCC3(c3cc(O)ccc3C)C2)C1=O. The maximum Gasteiger partial charge on any atom is 0.327 e. The molecule has 0 aromatic heterocycles. The second-order valence-electron chi connectivity index (χ2n) is 11.5. The van der Waals surface area contributed by atoms with Crippen molar-refractivity contribution >= 4 is 11.9 Å². The van der Waals surface area contributed by atoms with Crippen LogP contribution in [0.5, 0.6) is 5.75 Å². The van der Waals surface area contributed by atoms with Crippen LogP contribution in [0.15, 0.2) is 48.5 Å². The van der Waals surface area contributed by atoms with Gasteiger partial charge in [0, 0.05) is 31.1 Å². The van der Waals surface area contributed by atoms with Crippen LogP contribution in [0.3, 0.4) is 0 Å². The first-order valence-corrected chi connectivity index (χ1v) is 14.1. The molecule has 3 fully saturated rings. The van der Waals surface area contributed by atoms with Crippen LogP contribution in [0.2, 0.25) is 0 Å². The molecule has 2 aliphatic heterocycles. The van der Waals surface area contributed by atoms with Gasteiger partial charge in [-0.05, 0) is 95.2 Å². The standard InChI is InChI=1S/C31H41N3O4/c1-5-33-27(36)30(34(6-2)28(33)37)15-16-31(38)23(4)32(18-14-24-10-8-7-9-11-24)19-17-29(31,21-30)26-20-25(35)13-12-22(26)3/h7-13,20,23,35,38H,5-6,14-19,21H2,1-4H3/t23?,29?,30-,31?/m0/s1. The molecule has 1 spiro atoms. The predicted molar refractivity (Wildman–Crippen MR) is 147 cm³/mol. The normalized spacial score (nSPS) is 31.8. The summed E-state index contributed by atoms with van der Waals surface area (Å²) in [6, 6.07) is 15.3. The van der Waals surface area contributed by atoms with E-state index in [0.29, 0.717) is 38.8 Å². The number of carbonyl (C=O) groups is 2. The van der Waals surface area contributed by atoms with Crippen molar-refractivity contribution in [3.05, 3.63) is 65.2 Å². The second-order valence-corrected chi connectivity index (χ2v) is 11.5. The molecule has 1 saturated carbocycles. The summed E-state index contributed by atoms with van der Waals surface area (Å²) in [6.07, 6.45) is 2.71. The Bertz CT molecular complexity index is 1220. The third-order valence-corrected chi connectivity index (χ3v) is 9.93. The molecule has 2 aromatic rings. The van der Waals surface area contributed by atoms with Crippen molar-refractivity contribution < 1.29 is 19.8 Å². The summed E-state index contributed by atoms with van der Waals surface area (Å²) in [5.74, 6) is 0.00251. The smallest absolute Gasteiger partial charge is 0.327 e. The lowest BCUT2D eigenvalue weighted by Crippen LogP contribution is -2.74. The zero-order chi connectivity index (χ0) is 27.3. The van der Waals surface area contributed by atoms with E-state index in [1.54, 1.807) is 17.0 Å². The number of aliphatic hydroxyl groups is 1. The Labute approximate surface area is 226 Å². The van der Waals surface area contributed by atoms with E-state index in [-0.39, 0.29) is 23.7 Å². The summed E-state index contributed by atoms with van der Waals surface area (Å²) in [5.41, 5.74) is 0.231. The Morgan fingerprint density at radius 3 is 2.42 bits per heavy atom. The molecule has 3 unspecified atom stereocenters. The van der Waals surface area contributed by atoms with E-state index < -0.39 is 16.6 Å². The van der Waals surface area contributed by atoms with Gasteiger partial charge in [-0.25, -0.2) is 4.79 Å². The Morgan fingerprint density at radius 2 is 1.74 bits per heavy atom. The van der Waals surface area contributed by atoms with E-state index in [9.17, 15) is 19.8 Å². The van der Waals surface area contributed by atoms with E-state index in [4.69, 9.17) is 0 Å². The molecule has 3 aliphatic rings. The van der Waals surface area contributed by atoms with E-state index in [0.717, 1.165) is 30.6 Å². The summed E-state index contributed by atoms with van der Waals surface area (Å²) in [6.45, 7) is 10.2. The number of likely N-dealkylation sites (N-methyl/N-ethyl adjacent to an activating group) is 2. The first kappa shape index (κ1) is 26.7. The third-order valence-electron chi connectivity index (χ3n) is 9.93. The van der Waals surface area contributed by atoms with Gasteiger partial charge in [-0.15, -0.1) is 0 Å². The average Bonchev–Trinajstić information content (AvgIpc) is 3.11. The molecular formula is C31H41N3O4. The van der Waals surface area contributed by atoms with Gasteiger partial charge in [-0.3, -0.25) is 14.6 Å². The number of benzene rings is 2. The Balaban J connectivity index is 1.58. The number of aromatic hydroxyl groups is 1. The first-order valence-electron chi connectivity index (χ1n) is 14.1. The number of phenolic OH excluding ortho intramolecular Hbond substituents is 1. The summed E-state index contributed by atoms with van der Waals surface area (Å²) in [7, 11) is 0. The lowest BCUT2D eigenvalue weighted by Gasteiger charge is -2.63. The van der Waals surface area contributed by atoms with Crippen molar-refractivity contribution in [1.29, 1.82) is 0 Å². The molecular weight excluding hydrogens is 478 g/mol. The molecule has 2 N–H and O–H groups in total. The minimum Gasteiger partial charge on any atom is -0.508 e. The lowest BCUT2D eigenvalue weighted by molar-refractivity contribution is -0.179. The monoisotopic (exact) mass is 519 g/mol. The van der Waals surface area contributed by atoms with Crippen molar-refractivity contribution in [1.82, 2.24) is 14.7 Å². The summed E-state index contributed by atoms with van der Waals surface area (Å²) in [5, 5.41) is 23.3. The number of phenols is 1. The fourth-order valence-corrected chi connectivity index (χ4v) is 7.84. The number of urea groups is 1. The maximum absolute atomic E-state index is 13.9.